The number of nitrogens with one attached hydrogen (secondary N) is 2. The van der Waals surface area contributed by atoms with E-state index in [4.69, 9.17) is 4.74 Å². The molecule has 4 atom stereocenters. The van der Waals surface area contributed by atoms with Crippen LogP contribution in [-0.4, -0.2) is 36.2 Å². The number of nitrogens with zero attached hydrogens (tertiary/aromatic N) is 1. The van der Waals surface area contributed by atoms with Gasteiger partial charge in [0.15, 0.2) is 0 Å². The number of piperidine rings is 1. The maximum absolute atomic E-state index is 12.7. The van der Waals surface area contributed by atoms with Crippen LogP contribution in [0.4, 0.5) is 5.82 Å². The number of rotatable bonds is 7. The first-order valence-corrected chi connectivity index (χ1v) is 9.57. The van der Waals surface area contributed by atoms with Crippen LogP contribution in [0.5, 0.6) is 0 Å². The first-order chi connectivity index (χ1) is 11.9. The fourth-order valence-corrected chi connectivity index (χ4v) is 4.65. The van der Waals surface area contributed by atoms with Gasteiger partial charge in [-0.2, -0.15) is 0 Å². The van der Waals surface area contributed by atoms with Crippen LogP contribution in [0.3, 0.4) is 0 Å². The molecule has 2 heterocycles. The Kier molecular flexibility index (Phi) is 5.32. The second-order valence-electron chi connectivity index (χ2n) is 7.50. The molecule has 1 saturated heterocycles. The summed E-state index contributed by atoms with van der Waals surface area (Å²) in [7, 11) is 0. The van der Waals surface area contributed by atoms with Gasteiger partial charge in [0, 0.05) is 11.5 Å². The summed E-state index contributed by atoms with van der Waals surface area (Å²) in [5.41, 5.74) is 1.02. The molecule has 1 amide bonds. The molecule has 1 aliphatic carbocycles. The molecular formula is C19H26BrN3O2. The lowest BCUT2D eigenvalue weighted by Crippen LogP contribution is -2.40. The Hall–Kier alpha value is -1.24. The molecule has 0 bridgehead atoms. The van der Waals surface area contributed by atoms with Crippen molar-refractivity contribution in [2.45, 2.75) is 39.3 Å². The molecule has 0 radical (unpaired) electrons. The monoisotopic (exact) mass is 407 g/mol. The third-order valence-corrected chi connectivity index (χ3v) is 5.89. The van der Waals surface area contributed by atoms with E-state index in [1.807, 2.05) is 19.1 Å². The molecule has 3 rings (SSSR count). The van der Waals surface area contributed by atoms with E-state index in [0.29, 0.717) is 41.5 Å². The van der Waals surface area contributed by atoms with Crippen LogP contribution < -0.4 is 10.6 Å². The van der Waals surface area contributed by atoms with Crippen molar-refractivity contribution in [3.63, 3.8) is 0 Å². The van der Waals surface area contributed by atoms with Crippen molar-refractivity contribution in [1.29, 1.82) is 0 Å². The maximum Gasteiger partial charge on any atom is 0.242 e. The van der Waals surface area contributed by atoms with Gasteiger partial charge in [-0.25, -0.2) is 4.98 Å². The van der Waals surface area contributed by atoms with E-state index < -0.39 is 0 Å². The van der Waals surface area contributed by atoms with Gasteiger partial charge < -0.3 is 15.4 Å². The summed E-state index contributed by atoms with van der Waals surface area (Å²) in [5.74, 6) is 1.72. The highest BCUT2D eigenvalue weighted by Crippen LogP contribution is 2.63. The molecule has 5 nitrogen and oxygen atoms in total. The number of fused-ring (bicyclic) bond motifs is 1. The zero-order valence-corrected chi connectivity index (χ0v) is 16.6. The molecule has 0 spiro atoms. The lowest BCUT2D eigenvalue weighted by Gasteiger charge is -2.21. The molecule has 136 valence electrons. The number of anilines is 1. The van der Waals surface area contributed by atoms with Crippen molar-refractivity contribution >= 4 is 27.7 Å². The van der Waals surface area contributed by atoms with Gasteiger partial charge >= 0.3 is 0 Å². The van der Waals surface area contributed by atoms with Gasteiger partial charge in [-0.3, -0.25) is 4.79 Å². The van der Waals surface area contributed by atoms with E-state index in [-0.39, 0.29) is 17.4 Å². The van der Waals surface area contributed by atoms with Crippen LogP contribution in [0.15, 0.2) is 29.4 Å². The number of pyridine rings is 1. The normalized spacial score (nSPS) is 30.2. The van der Waals surface area contributed by atoms with Crippen LogP contribution in [0.2, 0.25) is 0 Å². The summed E-state index contributed by atoms with van der Waals surface area (Å²) >= 11 is 3.35. The highest BCUT2D eigenvalue weighted by molar-refractivity contribution is 9.10. The minimum absolute atomic E-state index is 0.0218. The average molecular weight is 408 g/mol. The van der Waals surface area contributed by atoms with Crippen LogP contribution in [0, 0.1) is 24.2 Å². The number of hydrogen-bond donors (Lipinski definition) is 2. The maximum atomic E-state index is 12.7. The molecule has 1 unspecified atom stereocenters. The molecular weight excluding hydrogens is 382 g/mol. The molecule has 1 aromatic heterocycles. The SMILES string of the molecule is C=CCOC[C@@]12C[C@@H](C(=O)Nc3nc(Br)ccc3C)N[C@@H]1C2C(C)C. The average Bonchev–Trinajstić information content (AvgIpc) is 3.01. The van der Waals surface area contributed by atoms with Gasteiger partial charge in [0.05, 0.1) is 19.3 Å². The van der Waals surface area contributed by atoms with Gasteiger partial charge in [0.2, 0.25) is 5.91 Å². The smallest absolute Gasteiger partial charge is 0.242 e. The fraction of sp³-hybridized carbons (Fsp3) is 0.579. The Morgan fingerprint density at radius 3 is 3.04 bits per heavy atom. The molecule has 25 heavy (non-hydrogen) atoms. The first kappa shape index (κ1) is 18.5. The molecule has 6 heteroatoms. The van der Waals surface area contributed by atoms with E-state index in [1.165, 1.54) is 0 Å². The van der Waals surface area contributed by atoms with Crippen LogP contribution in [0.1, 0.15) is 25.8 Å². The van der Waals surface area contributed by atoms with Crippen LogP contribution >= 0.6 is 15.9 Å². The first-order valence-electron chi connectivity index (χ1n) is 8.77. The molecule has 2 fully saturated rings. The van der Waals surface area contributed by atoms with E-state index in [2.05, 4.69) is 52.0 Å². The number of aryl methyl sites for hydroxylation is 1. The molecule has 1 aliphatic heterocycles. The van der Waals surface area contributed by atoms with E-state index in [1.54, 1.807) is 6.08 Å². The van der Waals surface area contributed by atoms with Gasteiger partial charge in [0.25, 0.3) is 0 Å². The van der Waals surface area contributed by atoms with Crippen molar-refractivity contribution in [3.8, 4) is 0 Å². The summed E-state index contributed by atoms with van der Waals surface area (Å²) in [5, 5.41) is 6.49. The Morgan fingerprint density at radius 2 is 2.36 bits per heavy atom. The van der Waals surface area contributed by atoms with E-state index in [0.717, 1.165) is 12.0 Å². The Labute approximate surface area is 157 Å². The number of carbonyl (C=O) groups is 1. The van der Waals surface area contributed by atoms with Gasteiger partial charge in [-0.1, -0.05) is 26.0 Å². The zero-order chi connectivity index (χ0) is 18.2. The lowest BCUT2D eigenvalue weighted by atomic mass is 9.91. The predicted molar refractivity (Wildman–Crippen MR) is 102 cm³/mol. The summed E-state index contributed by atoms with van der Waals surface area (Å²) in [6, 6.07) is 3.95. The zero-order valence-electron chi connectivity index (χ0n) is 15.0. The minimum atomic E-state index is -0.201. The molecule has 2 aliphatic rings. The summed E-state index contributed by atoms with van der Waals surface area (Å²) in [6.45, 7) is 11.4. The fourth-order valence-electron chi connectivity index (χ4n) is 4.34. The second-order valence-corrected chi connectivity index (χ2v) is 8.31. The second kappa shape index (κ2) is 7.17. The molecule has 1 aromatic rings. The summed E-state index contributed by atoms with van der Waals surface area (Å²) in [6.07, 6.45) is 2.57. The number of aromatic nitrogens is 1. The van der Waals surface area contributed by atoms with Crippen molar-refractivity contribution in [1.82, 2.24) is 10.3 Å². The Balaban J connectivity index is 1.66. The predicted octanol–water partition coefficient (Wildman–Crippen LogP) is 3.30. The number of hydrogen-bond acceptors (Lipinski definition) is 4. The molecule has 0 aromatic carbocycles. The standard InChI is InChI=1S/C19H26BrN3O2/c1-5-8-25-10-19-9-13(21-16(19)15(19)11(2)3)18(24)23-17-12(4)6-7-14(20)22-17/h5-7,11,13,15-16,21H,1,8-10H2,2-4H3,(H,22,23,24)/t13-,15?,16+,19+/m0/s1. The Morgan fingerprint density at radius 1 is 1.60 bits per heavy atom. The van der Waals surface area contributed by atoms with Crippen molar-refractivity contribution in [3.05, 3.63) is 35.0 Å². The van der Waals surface area contributed by atoms with Gasteiger partial charge in [0.1, 0.15) is 10.4 Å². The third-order valence-electron chi connectivity index (χ3n) is 5.44. The molecule has 2 N–H and O–H groups in total. The van der Waals surface area contributed by atoms with Crippen LogP contribution in [-0.2, 0) is 9.53 Å². The summed E-state index contributed by atoms with van der Waals surface area (Å²) in [4.78, 5) is 17.1. The Bertz CT molecular complexity index is 679. The number of halogens is 1. The number of carbonyl (C=O) groups excluding carboxylic acids is 1. The van der Waals surface area contributed by atoms with Crippen LogP contribution in [0.25, 0.3) is 0 Å². The number of ether oxygens (including phenoxy) is 1. The lowest BCUT2D eigenvalue weighted by molar-refractivity contribution is -0.118. The highest BCUT2D eigenvalue weighted by atomic mass is 79.9. The van der Waals surface area contributed by atoms with Crippen molar-refractivity contribution in [2.24, 2.45) is 17.3 Å². The number of amides is 1. The van der Waals surface area contributed by atoms with Crippen molar-refractivity contribution in [2.75, 3.05) is 18.5 Å². The third kappa shape index (κ3) is 3.52. The van der Waals surface area contributed by atoms with Crippen molar-refractivity contribution < 1.29 is 9.53 Å². The minimum Gasteiger partial charge on any atom is -0.377 e. The topological polar surface area (TPSA) is 63.2 Å². The quantitative estimate of drug-likeness (QED) is 0.413. The van der Waals surface area contributed by atoms with E-state index in [9.17, 15) is 4.79 Å². The largest absolute Gasteiger partial charge is 0.377 e. The van der Waals surface area contributed by atoms with E-state index >= 15 is 0 Å². The van der Waals surface area contributed by atoms with Gasteiger partial charge in [-0.05, 0) is 52.7 Å². The highest BCUT2D eigenvalue weighted by Gasteiger charge is 2.70. The van der Waals surface area contributed by atoms with Gasteiger partial charge in [-0.15, -0.1) is 6.58 Å². The molecule has 1 saturated carbocycles. The summed E-state index contributed by atoms with van der Waals surface area (Å²) < 4.78 is 6.48.